The van der Waals surface area contributed by atoms with Crippen molar-refractivity contribution < 1.29 is 18.3 Å². The van der Waals surface area contributed by atoms with E-state index in [4.69, 9.17) is 0 Å². The average Bonchev–Trinajstić information content (AvgIpc) is 2.20. The van der Waals surface area contributed by atoms with Crippen molar-refractivity contribution in [2.45, 2.75) is 6.43 Å². The Morgan fingerprint density at radius 2 is 2.20 bits per heavy atom. The molecular formula is C8H6F2INO3. The Morgan fingerprint density at radius 3 is 2.67 bits per heavy atom. The summed E-state index contributed by atoms with van der Waals surface area (Å²) in [5, 5.41) is 0. The molecule has 7 heteroatoms. The Labute approximate surface area is 96.8 Å². The number of pyridine rings is 1. The molecule has 0 spiro atoms. The van der Waals surface area contributed by atoms with E-state index in [9.17, 15) is 18.4 Å². The van der Waals surface area contributed by atoms with E-state index in [0.717, 1.165) is 13.3 Å². The summed E-state index contributed by atoms with van der Waals surface area (Å²) in [4.78, 5) is 24.8. The molecule has 0 aliphatic rings. The number of carbonyl (C=O) groups is 1. The van der Waals surface area contributed by atoms with E-state index in [1.54, 1.807) is 22.6 Å². The number of aromatic nitrogens is 1. The molecule has 1 heterocycles. The Hall–Kier alpha value is -0.990. The molecule has 0 aromatic carbocycles. The van der Waals surface area contributed by atoms with Gasteiger partial charge in [-0.3, -0.25) is 4.79 Å². The molecule has 0 radical (unpaired) electrons. The highest BCUT2D eigenvalue weighted by atomic mass is 127. The van der Waals surface area contributed by atoms with Gasteiger partial charge in [0.15, 0.2) is 0 Å². The van der Waals surface area contributed by atoms with Gasteiger partial charge in [-0.25, -0.2) is 13.6 Å². The van der Waals surface area contributed by atoms with Crippen molar-refractivity contribution in [3.63, 3.8) is 0 Å². The molecule has 0 unspecified atom stereocenters. The molecule has 1 aromatic rings. The molecule has 0 fully saturated rings. The lowest BCUT2D eigenvalue weighted by atomic mass is 10.2. The number of hydrogen-bond acceptors (Lipinski definition) is 3. The van der Waals surface area contributed by atoms with Gasteiger partial charge in [-0.2, -0.15) is 0 Å². The number of nitrogens with one attached hydrogen (secondary N) is 1. The van der Waals surface area contributed by atoms with Gasteiger partial charge in [0, 0.05) is 6.20 Å². The van der Waals surface area contributed by atoms with Crippen LogP contribution in [0.3, 0.4) is 0 Å². The zero-order valence-corrected chi connectivity index (χ0v) is 9.67. The minimum absolute atomic E-state index is 0.150. The van der Waals surface area contributed by atoms with Gasteiger partial charge in [0.2, 0.25) is 5.43 Å². The number of hydrogen-bond donors (Lipinski definition) is 1. The summed E-state index contributed by atoms with van der Waals surface area (Å²) in [5.74, 6) is -1.06. The summed E-state index contributed by atoms with van der Waals surface area (Å²) in [7, 11) is 1.02. The minimum atomic E-state index is -2.93. The fraction of sp³-hybridized carbons (Fsp3) is 0.250. The van der Waals surface area contributed by atoms with Crippen molar-refractivity contribution in [1.82, 2.24) is 4.98 Å². The molecule has 1 rings (SSSR count). The van der Waals surface area contributed by atoms with E-state index in [0.29, 0.717) is 0 Å². The van der Waals surface area contributed by atoms with Gasteiger partial charge in [0.25, 0.3) is 6.43 Å². The normalized spacial score (nSPS) is 10.5. The monoisotopic (exact) mass is 329 g/mol. The second-order valence-electron chi connectivity index (χ2n) is 2.55. The maximum atomic E-state index is 12.5. The van der Waals surface area contributed by atoms with Crippen LogP contribution in [-0.4, -0.2) is 18.1 Å². The quantitative estimate of drug-likeness (QED) is 0.664. The van der Waals surface area contributed by atoms with Gasteiger partial charge in [0.1, 0.15) is 11.3 Å². The van der Waals surface area contributed by atoms with Crippen LogP contribution in [0.2, 0.25) is 0 Å². The predicted molar refractivity (Wildman–Crippen MR) is 56.1 cm³/mol. The van der Waals surface area contributed by atoms with E-state index in [-0.39, 0.29) is 3.57 Å². The summed E-state index contributed by atoms with van der Waals surface area (Å²) < 4.78 is 29.3. The van der Waals surface area contributed by atoms with Crippen LogP contribution in [-0.2, 0) is 4.74 Å². The van der Waals surface area contributed by atoms with E-state index in [2.05, 4.69) is 9.72 Å². The van der Waals surface area contributed by atoms with Crippen LogP contribution in [0.25, 0.3) is 0 Å². The van der Waals surface area contributed by atoms with Gasteiger partial charge < -0.3 is 9.72 Å². The number of halogens is 3. The first kappa shape index (κ1) is 12.1. The zero-order valence-electron chi connectivity index (χ0n) is 7.51. The molecule has 0 amide bonds. The Balaban J connectivity index is 3.49. The highest BCUT2D eigenvalue weighted by molar-refractivity contribution is 14.1. The summed E-state index contributed by atoms with van der Waals surface area (Å²) in [6, 6.07) is 0. The Morgan fingerprint density at radius 1 is 1.60 bits per heavy atom. The molecule has 1 aromatic heterocycles. The van der Waals surface area contributed by atoms with Crippen LogP contribution in [0.1, 0.15) is 22.5 Å². The largest absolute Gasteiger partial charge is 0.465 e. The van der Waals surface area contributed by atoms with E-state index < -0.39 is 29.1 Å². The molecule has 0 saturated carbocycles. The smallest absolute Gasteiger partial charge is 0.343 e. The zero-order chi connectivity index (χ0) is 11.6. The lowest BCUT2D eigenvalue weighted by molar-refractivity contribution is 0.0585. The number of H-pyrrole nitrogens is 1. The molecule has 0 saturated heterocycles. The number of alkyl halides is 2. The van der Waals surface area contributed by atoms with Crippen LogP contribution in [0.4, 0.5) is 8.78 Å². The molecule has 4 nitrogen and oxygen atoms in total. The van der Waals surface area contributed by atoms with Crippen LogP contribution < -0.4 is 5.43 Å². The van der Waals surface area contributed by atoms with Crippen LogP contribution in [0, 0.1) is 3.57 Å². The molecular weight excluding hydrogens is 323 g/mol. The maximum Gasteiger partial charge on any atom is 0.343 e. The second kappa shape index (κ2) is 4.69. The fourth-order valence-electron chi connectivity index (χ4n) is 0.997. The first-order chi connectivity index (χ1) is 6.99. The number of aromatic amines is 1. The van der Waals surface area contributed by atoms with Crippen molar-refractivity contribution in [3.8, 4) is 0 Å². The van der Waals surface area contributed by atoms with Gasteiger partial charge in [-0.15, -0.1) is 0 Å². The number of rotatable bonds is 2. The molecule has 0 aliphatic heterocycles. The van der Waals surface area contributed by atoms with E-state index >= 15 is 0 Å². The SMILES string of the molecule is COC(=O)c1c(C(F)F)[nH]cc(I)c1=O. The van der Waals surface area contributed by atoms with Gasteiger partial charge >= 0.3 is 5.97 Å². The van der Waals surface area contributed by atoms with Crippen molar-refractivity contribution in [2.24, 2.45) is 0 Å². The summed E-state index contributed by atoms with van der Waals surface area (Å²) in [6.45, 7) is 0. The molecule has 0 aliphatic carbocycles. The number of ether oxygens (including phenoxy) is 1. The molecule has 0 bridgehead atoms. The van der Waals surface area contributed by atoms with E-state index in [1.807, 2.05) is 0 Å². The minimum Gasteiger partial charge on any atom is -0.465 e. The summed E-state index contributed by atoms with van der Waals surface area (Å²) in [6.07, 6.45) is -1.81. The first-order valence-electron chi connectivity index (χ1n) is 3.76. The number of carbonyl (C=O) groups excluding carboxylic acids is 1. The third-order valence-electron chi connectivity index (χ3n) is 1.68. The third kappa shape index (κ3) is 2.33. The Kier molecular flexibility index (Phi) is 3.77. The van der Waals surface area contributed by atoms with Crippen molar-refractivity contribution in [2.75, 3.05) is 7.11 Å². The third-order valence-corrected chi connectivity index (χ3v) is 2.48. The molecule has 1 N–H and O–H groups in total. The van der Waals surface area contributed by atoms with Crippen molar-refractivity contribution >= 4 is 28.6 Å². The van der Waals surface area contributed by atoms with Gasteiger partial charge in [0.05, 0.1) is 10.7 Å². The molecule has 15 heavy (non-hydrogen) atoms. The lowest BCUT2D eigenvalue weighted by Gasteiger charge is -2.06. The maximum absolute atomic E-state index is 12.5. The predicted octanol–water partition coefficient (Wildman–Crippen LogP) is 1.70. The number of esters is 1. The Bertz CT molecular complexity index is 444. The summed E-state index contributed by atoms with van der Waals surface area (Å²) in [5.41, 5.74) is -2.11. The van der Waals surface area contributed by atoms with Crippen molar-refractivity contribution in [1.29, 1.82) is 0 Å². The topological polar surface area (TPSA) is 59.2 Å². The standard InChI is InChI=1S/C8H6F2INO3/c1-15-8(14)4-5(7(9)10)12-2-3(11)6(4)13/h2,7H,1H3,(H,12,13). The van der Waals surface area contributed by atoms with Crippen LogP contribution >= 0.6 is 22.6 Å². The average molecular weight is 329 g/mol. The van der Waals surface area contributed by atoms with E-state index in [1.165, 1.54) is 0 Å². The highest BCUT2D eigenvalue weighted by Crippen LogP contribution is 2.19. The van der Waals surface area contributed by atoms with Crippen LogP contribution in [0.5, 0.6) is 0 Å². The molecule has 0 atom stereocenters. The van der Waals surface area contributed by atoms with Gasteiger partial charge in [-0.1, -0.05) is 0 Å². The van der Waals surface area contributed by atoms with Crippen LogP contribution in [0.15, 0.2) is 11.0 Å². The first-order valence-corrected chi connectivity index (χ1v) is 4.84. The molecule has 82 valence electrons. The number of methoxy groups -OCH3 is 1. The highest BCUT2D eigenvalue weighted by Gasteiger charge is 2.24. The second-order valence-corrected chi connectivity index (χ2v) is 3.71. The summed E-state index contributed by atoms with van der Waals surface area (Å²) >= 11 is 1.64. The van der Waals surface area contributed by atoms with Crippen molar-refractivity contribution in [3.05, 3.63) is 31.2 Å². The lowest BCUT2D eigenvalue weighted by Crippen LogP contribution is -2.22. The van der Waals surface area contributed by atoms with Gasteiger partial charge in [-0.05, 0) is 22.6 Å². The fourth-order valence-corrected chi connectivity index (χ4v) is 1.42.